The lowest BCUT2D eigenvalue weighted by Gasteiger charge is -2.12. The Morgan fingerprint density at radius 3 is 2.30 bits per heavy atom. The fraction of sp³-hybridized carbons (Fsp3) is 0.222. The van der Waals surface area contributed by atoms with Crippen LogP contribution >= 0.6 is 0 Å². The van der Waals surface area contributed by atoms with E-state index in [4.69, 9.17) is 9.47 Å². The van der Waals surface area contributed by atoms with E-state index in [1.807, 2.05) is 24.3 Å². The molecular formula is C18H18O4S. The number of hydrogen-bond acceptors (Lipinski definition) is 4. The smallest absolute Gasteiger partial charge is 0.206 e. The summed E-state index contributed by atoms with van der Waals surface area (Å²) < 4.78 is 36.5. The highest BCUT2D eigenvalue weighted by atomic mass is 32.2. The van der Waals surface area contributed by atoms with Gasteiger partial charge in [-0.15, -0.1) is 0 Å². The van der Waals surface area contributed by atoms with E-state index in [2.05, 4.69) is 0 Å². The monoisotopic (exact) mass is 330 g/mol. The van der Waals surface area contributed by atoms with Gasteiger partial charge in [0.2, 0.25) is 9.84 Å². The van der Waals surface area contributed by atoms with Gasteiger partial charge in [-0.25, -0.2) is 8.42 Å². The first-order chi connectivity index (χ1) is 11.0. The van der Waals surface area contributed by atoms with Crippen molar-refractivity contribution in [2.24, 2.45) is 0 Å². The van der Waals surface area contributed by atoms with Crippen LogP contribution in [0.2, 0.25) is 0 Å². The van der Waals surface area contributed by atoms with Crippen LogP contribution < -0.4 is 4.74 Å². The van der Waals surface area contributed by atoms with Crippen molar-refractivity contribution in [1.82, 2.24) is 0 Å². The summed E-state index contributed by atoms with van der Waals surface area (Å²) in [4.78, 5) is 0.651. The lowest BCUT2D eigenvalue weighted by molar-refractivity contribution is 0.147. The van der Waals surface area contributed by atoms with Crippen molar-refractivity contribution >= 4 is 9.84 Å². The van der Waals surface area contributed by atoms with Gasteiger partial charge in [0.25, 0.3) is 0 Å². The van der Waals surface area contributed by atoms with E-state index in [1.54, 1.807) is 44.4 Å². The summed E-state index contributed by atoms with van der Waals surface area (Å²) in [6, 6.07) is 15.9. The van der Waals surface area contributed by atoms with Gasteiger partial charge in [0.1, 0.15) is 17.6 Å². The van der Waals surface area contributed by atoms with Gasteiger partial charge in [-0.2, -0.15) is 0 Å². The standard InChI is InChI=1S/C18H18O4S/c1-13-18(23(19,20)16-6-4-3-5-7-16)12-17(22-13)14-8-10-15(21-2)11-9-14/h3-11,17H,12H2,1-2H3. The van der Waals surface area contributed by atoms with Gasteiger partial charge in [0.15, 0.2) is 0 Å². The maximum Gasteiger partial charge on any atom is 0.206 e. The van der Waals surface area contributed by atoms with E-state index in [0.29, 0.717) is 22.0 Å². The predicted octanol–water partition coefficient (Wildman–Crippen LogP) is 3.86. The fourth-order valence-electron chi connectivity index (χ4n) is 2.68. The number of methoxy groups -OCH3 is 1. The number of sulfone groups is 1. The molecule has 23 heavy (non-hydrogen) atoms. The van der Waals surface area contributed by atoms with Crippen molar-refractivity contribution in [3.63, 3.8) is 0 Å². The third kappa shape index (κ3) is 2.97. The molecule has 0 saturated heterocycles. The first-order valence-electron chi connectivity index (χ1n) is 7.33. The normalized spacial score (nSPS) is 17.9. The Morgan fingerprint density at radius 1 is 1.04 bits per heavy atom. The van der Waals surface area contributed by atoms with Crippen molar-refractivity contribution in [3.05, 3.63) is 70.8 Å². The summed E-state index contributed by atoms with van der Waals surface area (Å²) in [6.07, 6.45) is 0.0597. The van der Waals surface area contributed by atoms with Crippen LogP contribution in [-0.4, -0.2) is 15.5 Å². The molecule has 4 nitrogen and oxygen atoms in total. The molecule has 1 aliphatic rings. The zero-order chi connectivity index (χ0) is 16.4. The molecule has 1 atom stereocenters. The Labute approximate surface area is 136 Å². The topological polar surface area (TPSA) is 52.6 Å². The number of hydrogen-bond donors (Lipinski definition) is 0. The highest BCUT2D eigenvalue weighted by molar-refractivity contribution is 7.95. The van der Waals surface area contributed by atoms with Gasteiger partial charge in [0.05, 0.1) is 16.9 Å². The molecule has 0 saturated carbocycles. The molecule has 0 bridgehead atoms. The molecule has 5 heteroatoms. The first kappa shape index (κ1) is 15.6. The number of rotatable bonds is 4. The van der Waals surface area contributed by atoms with Gasteiger partial charge in [0, 0.05) is 6.42 Å². The number of benzene rings is 2. The maximum atomic E-state index is 12.8. The van der Waals surface area contributed by atoms with Gasteiger partial charge in [-0.05, 0) is 36.8 Å². The molecular weight excluding hydrogens is 312 g/mol. The van der Waals surface area contributed by atoms with Crippen LogP contribution in [0.15, 0.2) is 70.2 Å². The summed E-state index contributed by atoms with van der Waals surface area (Å²) in [6.45, 7) is 1.71. The largest absolute Gasteiger partial charge is 0.497 e. The molecule has 120 valence electrons. The van der Waals surface area contributed by atoms with Crippen LogP contribution in [0.25, 0.3) is 0 Å². The summed E-state index contributed by atoms with van der Waals surface area (Å²) in [5.74, 6) is 1.23. The molecule has 0 aromatic heterocycles. The molecule has 1 heterocycles. The maximum absolute atomic E-state index is 12.8. The second kappa shape index (κ2) is 6.08. The molecule has 3 rings (SSSR count). The quantitative estimate of drug-likeness (QED) is 0.854. The van der Waals surface area contributed by atoms with E-state index >= 15 is 0 Å². The molecule has 0 N–H and O–H groups in total. The lowest BCUT2D eigenvalue weighted by atomic mass is 10.1. The summed E-state index contributed by atoms with van der Waals surface area (Å²) >= 11 is 0. The third-order valence-corrected chi connectivity index (χ3v) is 5.94. The molecule has 1 aliphatic heterocycles. The Hall–Kier alpha value is -2.27. The molecule has 0 radical (unpaired) electrons. The van der Waals surface area contributed by atoms with Gasteiger partial charge in [-0.1, -0.05) is 30.3 Å². The molecule has 2 aromatic carbocycles. The number of ether oxygens (including phenoxy) is 2. The van der Waals surface area contributed by atoms with Crippen molar-refractivity contribution < 1.29 is 17.9 Å². The predicted molar refractivity (Wildman–Crippen MR) is 87.8 cm³/mol. The first-order valence-corrected chi connectivity index (χ1v) is 8.81. The van der Waals surface area contributed by atoms with E-state index in [1.165, 1.54) is 0 Å². The molecule has 1 unspecified atom stereocenters. The van der Waals surface area contributed by atoms with Gasteiger partial charge in [-0.3, -0.25) is 0 Å². The Morgan fingerprint density at radius 2 is 1.70 bits per heavy atom. The van der Waals surface area contributed by atoms with Crippen molar-refractivity contribution in [1.29, 1.82) is 0 Å². The van der Waals surface area contributed by atoms with Crippen LogP contribution in [-0.2, 0) is 14.6 Å². The minimum absolute atomic E-state index is 0.283. The van der Waals surface area contributed by atoms with Crippen molar-refractivity contribution in [2.45, 2.75) is 24.3 Å². The van der Waals surface area contributed by atoms with Crippen molar-refractivity contribution in [2.75, 3.05) is 7.11 Å². The summed E-state index contributed by atoms with van der Waals surface area (Å²) in [5, 5.41) is 0. The van der Waals surface area contributed by atoms with Crippen LogP contribution in [0.1, 0.15) is 25.0 Å². The van der Waals surface area contributed by atoms with Gasteiger partial charge >= 0.3 is 0 Å². The third-order valence-electron chi connectivity index (χ3n) is 3.95. The molecule has 2 aromatic rings. The van der Waals surface area contributed by atoms with Crippen LogP contribution in [0.5, 0.6) is 5.75 Å². The highest BCUT2D eigenvalue weighted by Gasteiger charge is 2.33. The van der Waals surface area contributed by atoms with Crippen molar-refractivity contribution in [3.8, 4) is 5.75 Å². The molecule has 0 spiro atoms. The highest BCUT2D eigenvalue weighted by Crippen LogP contribution is 2.40. The average Bonchev–Trinajstić information content (AvgIpc) is 2.98. The zero-order valence-electron chi connectivity index (χ0n) is 13.0. The summed E-state index contributed by atoms with van der Waals surface area (Å²) in [7, 11) is -1.90. The SMILES string of the molecule is COc1ccc(C2CC(S(=O)(=O)c3ccccc3)=C(C)O2)cc1. The van der Waals surface area contributed by atoms with Crippen LogP contribution in [0, 0.1) is 0 Å². The Kier molecular flexibility index (Phi) is 4.13. The average molecular weight is 330 g/mol. The van der Waals surface area contributed by atoms with E-state index in [9.17, 15) is 8.42 Å². The second-order valence-corrected chi connectivity index (χ2v) is 7.35. The van der Waals surface area contributed by atoms with E-state index < -0.39 is 9.84 Å². The summed E-state index contributed by atoms with van der Waals surface area (Å²) in [5.41, 5.74) is 0.934. The minimum atomic E-state index is -3.51. The minimum Gasteiger partial charge on any atom is -0.497 e. The van der Waals surface area contributed by atoms with E-state index in [-0.39, 0.29) is 6.10 Å². The zero-order valence-corrected chi connectivity index (χ0v) is 13.8. The van der Waals surface area contributed by atoms with Gasteiger partial charge < -0.3 is 9.47 Å². The molecule has 0 aliphatic carbocycles. The molecule has 0 amide bonds. The van der Waals surface area contributed by atoms with Crippen LogP contribution in [0.4, 0.5) is 0 Å². The lowest BCUT2D eigenvalue weighted by Crippen LogP contribution is -2.05. The molecule has 0 fully saturated rings. The number of allylic oxidation sites excluding steroid dienone is 1. The fourth-order valence-corrected chi connectivity index (χ4v) is 4.28. The Balaban J connectivity index is 1.86. The van der Waals surface area contributed by atoms with E-state index in [0.717, 1.165) is 11.3 Å². The second-order valence-electron chi connectivity index (χ2n) is 5.38. The Bertz CT molecular complexity index is 821. The van der Waals surface area contributed by atoms with Crippen LogP contribution in [0.3, 0.4) is 0 Å².